The fraction of sp³-hybridized carbons (Fsp3) is 0.407. The molecule has 0 radical (unpaired) electrons. The highest BCUT2D eigenvalue weighted by molar-refractivity contribution is 6.24. The number of aromatic hydroxyl groups is 1. The van der Waals surface area contributed by atoms with E-state index in [1.807, 2.05) is 0 Å². The third-order valence-corrected chi connectivity index (χ3v) is 7.85. The predicted molar refractivity (Wildman–Crippen MR) is 136 cm³/mol. The van der Waals surface area contributed by atoms with Crippen molar-refractivity contribution in [3.05, 3.63) is 51.8 Å². The van der Waals surface area contributed by atoms with E-state index < -0.39 is 87.4 Å². The van der Waals surface area contributed by atoms with Gasteiger partial charge < -0.3 is 36.0 Å². The quantitative estimate of drug-likeness (QED) is 0.167. The summed E-state index contributed by atoms with van der Waals surface area (Å²) in [5, 5.41) is 56.5. The Bertz CT molecular complexity index is 1390. The number of nitrogens with zero attached hydrogens (tertiary/aromatic N) is 1. The number of ether oxygens (including phenoxy) is 1. The Labute approximate surface area is 223 Å². The van der Waals surface area contributed by atoms with Gasteiger partial charge in [0.2, 0.25) is 5.78 Å². The maximum absolute atomic E-state index is 14.0. The lowest BCUT2D eigenvalue weighted by atomic mass is 9.54. The maximum Gasteiger partial charge on any atom is 0.330 e. The first kappa shape index (κ1) is 28.0. The van der Waals surface area contributed by atoms with Gasteiger partial charge in [0, 0.05) is 23.1 Å². The summed E-state index contributed by atoms with van der Waals surface area (Å²) in [5.41, 5.74) is 1.13. The Kier molecular flexibility index (Phi) is 6.92. The van der Waals surface area contributed by atoms with Crippen LogP contribution in [-0.2, 0) is 23.9 Å². The first-order chi connectivity index (χ1) is 18.2. The Morgan fingerprint density at radius 2 is 1.82 bits per heavy atom. The molecule has 0 aliphatic heterocycles. The fourth-order valence-corrected chi connectivity index (χ4v) is 6.12. The minimum atomic E-state index is -2.99. The molecule has 0 bridgehead atoms. The van der Waals surface area contributed by atoms with E-state index in [2.05, 4.69) is 0 Å². The van der Waals surface area contributed by atoms with E-state index in [9.17, 15) is 44.7 Å². The van der Waals surface area contributed by atoms with Gasteiger partial charge in [-0.2, -0.15) is 0 Å². The number of carbonyl (C=O) groups is 4. The van der Waals surface area contributed by atoms with Gasteiger partial charge in [0.15, 0.2) is 11.4 Å². The van der Waals surface area contributed by atoms with Gasteiger partial charge in [0.05, 0.1) is 30.2 Å². The monoisotopic (exact) mass is 542 g/mol. The molecule has 0 unspecified atom stereocenters. The molecule has 1 saturated carbocycles. The molecule has 1 aromatic rings. The van der Waals surface area contributed by atoms with Crippen LogP contribution in [0.3, 0.4) is 0 Å². The third-order valence-electron chi connectivity index (χ3n) is 7.85. The summed E-state index contributed by atoms with van der Waals surface area (Å²) in [7, 11) is 2.87. The number of likely N-dealkylation sites (N-methyl/N-ethyl adjacent to an activating group) is 1. The lowest BCUT2D eigenvalue weighted by molar-refractivity contribution is -0.169. The van der Waals surface area contributed by atoms with Gasteiger partial charge in [-0.05, 0) is 38.6 Å². The molecule has 6 atom stereocenters. The molecule has 1 fully saturated rings. The average Bonchev–Trinajstić information content (AvgIpc) is 2.85. The van der Waals surface area contributed by atoms with Gasteiger partial charge in [0.1, 0.15) is 22.8 Å². The number of ketones is 2. The number of benzene rings is 1. The Morgan fingerprint density at radius 3 is 2.38 bits per heavy atom. The normalized spacial score (nSPS) is 30.4. The number of fused-ring (bicyclic) bond motifs is 3. The van der Waals surface area contributed by atoms with E-state index in [0.717, 1.165) is 6.08 Å². The van der Waals surface area contributed by atoms with Crippen molar-refractivity contribution >= 4 is 35.3 Å². The Balaban J connectivity index is 1.97. The van der Waals surface area contributed by atoms with E-state index in [1.54, 1.807) is 19.9 Å². The Hall–Kier alpha value is -4.00. The van der Waals surface area contributed by atoms with Crippen LogP contribution < -0.4 is 5.73 Å². The molecule has 0 aromatic heterocycles. The molecule has 1 amide bonds. The van der Waals surface area contributed by atoms with E-state index in [1.165, 1.54) is 31.1 Å². The second-order valence-corrected chi connectivity index (χ2v) is 10.1. The number of Topliss-reactive ketones (excluding diaryl/α,β-unsaturated/α-hetero) is 2. The van der Waals surface area contributed by atoms with Crippen molar-refractivity contribution in [2.45, 2.75) is 37.5 Å². The number of phenolic OH excluding ortho intramolecular Hbond substituents is 1. The third kappa shape index (κ3) is 3.86. The fourth-order valence-electron chi connectivity index (χ4n) is 6.12. The van der Waals surface area contributed by atoms with Crippen LogP contribution in [0.2, 0.25) is 0 Å². The molecule has 0 spiro atoms. The summed E-state index contributed by atoms with van der Waals surface area (Å²) in [6, 6.07) is 1.61. The first-order valence-corrected chi connectivity index (χ1v) is 12.2. The number of esters is 1. The number of primary amides is 1. The molecule has 3 aliphatic rings. The summed E-state index contributed by atoms with van der Waals surface area (Å²) in [6.45, 7) is 3.39. The zero-order chi connectivity index (χ0) is 29.1. The number of amides is 1. The van der Waals surface area contributed by atoms with Crippen LogP contribution in [0.1, 0.15) is 36.5 Å². The molecule has 3 aliphatic carbocycles. The van der Waals surface area contributed by atoms with Gasteiger partial charge >= 0.3 is 5.97 Å². The van der Waals surface area contributed by atoms with Gasteiger partial charge in [0.25, 0.3) is 5.91 Å². The average molecular weight is 543 g/mol. The van der Waals surface area contributed by atoms with Crippen LogP contribution in [0.5, 0.6) is 5.75 Å². The number of aliphatic hydroxyl groups is 4. The molecule has 0 heterocycles. The molecular formula is C27H30N2O10. The summed E-state index contributed by atoms with van der Waals surface area (Å²) in [4.78, 5) is 52.3. The van der Waals surface area contributed by atoms with E-state index in [-0.39, 0.29) is 17.7 Å². The molecule has 39 heavy (non-hydrogen) atoms. The van der Waals surface area contributed by atoms with Crippen LogP contribution in [0, 0.1) is 11.8 Å². The summed E-state index contributed by atoms with van der Waals surface area (Å²) >= 11 is 0. The number of carbonyl (C=O) groups excluding carboxylic acids is 4. The van der Waals surface area contributed by atoms with Gasteiger partial charge in [-0.25, -0.2) is 4.79 Å². The van der Waals surface area contributed by atoms with Gasteiger partial charge in [-0.15, -0.1) is 0 Å². The summed E-state index contributed by atoms with van der Waals surface area (Å²) < 4.78 is 4.83. The molecule has 12 nitrogen and oxygen atoms in total. The second kappa shape index (κ2) is 9.63. The van der Waals surface area contributed by atoms with E-state index >= 15 is 0 Å². The second-order valence-electron chi connectivity index (χ2n) is 10.1. The molecule has 7 N–H and O–H groups in total. The topological polar surface area (TPSA) is 208 Å². The molecule has 12 heteroatoms. The minimum Gasteiger partial charge on any atom is -0.508 e. The van der Waals surface area contributed by atoms with E-state index in [4.69, 9.17) is 10.5 Å². The van der Waals surface area contributed by atoms with Crippen LogP contribution >= 0.6 is 0 Å². The highest BCUT2D eigenvalue weighted by Gasteiger charge is 2.68. The molecule has 4 rings (SSSR count). The van der Waals surface area contributed by atoms with Crippen molar-refractivity contribution in [3.63, 3.8) is 0 Å². The van der Waals surface area contributed by atoms with E-state index in [0.29, 0.717) is 5.56 Å². The SMILES string of the molecule is CCOC(=O)/C=C/c1ccc2c(c1O)C(O)=C1C(=O)[C@]3(O)C(O)=C(C(N)=O)C(=O)[C@H](N(C)C)[C@@H]3[C@H](O)[C@@H]1[C@@H]2C. The van der Waals surface area contributed by atoms with Crippen molar-refractivity contribution in [1.82, 2.24) is 4.90 Å². The number of hydrogen-bond acceptors (Lipinski definition) is 11. The number of phenols is 1. The number of hydrogen-bond donors (Lipinski definition) is 6. The highest BCUT2D eigenvalue weighted by atomic mass is 16.5. The molecule has 208 valence electrons. The zero-order valence-electron chi connectivity index (χ0n) is 21.7. The van der Waals surface area contributed by atoms with Crippen LogP contribution in [0.4, 0.5) is 0 Å². The number of rotatable bonds is 5. The van der Waals surface area contributed by atoms with Crippen molar-refractivity contribution in [1.29, 1.82) is 0 Å². The number of aliphatic hydroxyl groups excluding tert-OH is 3. The lowest BCUT2D eigenvalue weighted by Crippen LogP contribution is -2.70. The maximum atomic E-state index is 14.0. The molecular weight excluding hydrogens is 512 g/mol. The Morgan fingerprint density at radius 1 is 1.18 bits per heavy atom. The number of nitrogens with two attached hydrogens (primary N) is 1. The van der Waals surface area contributed by atoms with Gasteiger partial charge in [-0.3, -0.25) is 19.3 Å². The van der Waals surface area contributed by atoms with Crippen molar-refractivity contribution in [2.75, 3.05) is 20.7 Å². The summed E-state index contributed by atoms with van der Waals surface area (Å²) in [6.07, 6.45) is 0.652. The smallest absolute Gasteiger partial charge is 0.330 e. The lowest BCUT2D eigenvalue weighted by Gasteiger charge is -2.53. The highest BCUT2D eigenvalue weighted by Crippen LogP contribution is 2.56. The summed E-state index contributed by atoms with van der Waals surface area (Å²) in [5.74, 6) is -10.3. The van der Waals surface area contributed by atoms with Crippen LogP contribution in [0.25, 0.3) is 11.8 Å². The van der Waals surface area contributed by atoms with Crippen molar-refractivity contribution in [3.8, 4) is 5.75 Å². The minimum absolute atomic E-state index is 0.106. The molecule has 1 aromatic carbocycles. The predicted octanol–water partition coefficient (Wildman–Crippen LogP) is 0.0721. The first-order valence-electron chi connectivity index (χ1n) is 12.2. The van der Waals surface area contributed by atoms with Crippen molar-refractivity contribution in [2.24, 2.45) is 17.6 Å². The molecule has 0 saturated heterocycles. The largest absolute Gasteiger partial charge is 0.508 e. The van der Waals surface area contributed by atoms with Crippen molar-refractivity contribution < 1.29 is 49.4 Å². The van der Waals surface area contributed by atoms with Crippen LogP contribution in [-0.4, -0.2) is 92.3 Å². The van der Waals surface area contributed by atoms with Gasteiger partial charge in [-0.1, -0.05) is 19.1 Å². The van der Waals surface area contributed by atoms with Crippen LogP contribution in [0.15, 0.2) is 35.1 Å². The zero-order valence-corrected chi connectivity index (χ0v) is 21.7. The standard InChI is InChI=1S/C27H30N2O10/c1-5-39-13(30)9-7-11-6-8-12-10(2)14-16(21(32)15(12)20(11)31)24(35)27(38)18(22(14)33)19(29(3)4)23(34)17(25(27)36)26(28)37/h6-10,14,18-19,22,31-33,36,38H,5H2,1-4H3,(H2,28,37)/b9-7+/t10-,14-,18-,19-,22-,27+/m1/s1.